The molecule has 2 rings (SSSR count). The quantitative estimate of drug-likeness (QED) is 0.576. The van der Waals surface area contributed by atoms with Gasteiger partial charge in [-0.3, -0.25) is 0 Å². The van der Waals surface area contributed by atoms with E-state index in [1.807, 2.05) is 27.7 Å². The molecule has 25 heavy (non-hydrogen) atoms. The fourth-order valence-electron chi connectivity index (χ4n) is 4.24. The largest absolute Gasteiger partial charge is 0.414 e. The summed E-state index contributed by atoms with van der Waals surface area (Å²) in [6, 6.07) is 0. The first-order chi connectivity index (χ1) is 11.4. The predicted molar refractivity (Wildman–Crippen MR) is 100 cm³/mol. The van der Waals surface area contributed by atoms with E-state index in [0.717, 1.165) is 0 Å². The molecular weight excluding hydrogens is 358 g/mol. The Kier molecular flexibility index (Phi) is 6.27. The van der Waals surface area contributed by atoms with Gasteiger partial charge in [-0.25, -0.2) is 8.78 Å². The maximum atomic E-state index is 14.5. The second kappa shape index (κ2) is 7.30. The number of hydrogen-bond donors (Lipinski definition) is 0. The van der Waals surface area contributed by atoms with Crippen LogP contribution in [0, 0.1) is 12.3 Å². The monoisotopic (exact) mass is 392 g/mol. The first-order valence-corrected chi connectivity index (χ1v) is 13.5. The zero-order valence-corrected chi connectivity index (χ0v) is 18.9. The third-order valence-corrected chi connectivity index (χ3v) is 16.0. The highest BCUT2D eigenvalue weighted by Crippen LogP contribution is 2.51. The van der Waals surface area contributed by atoms with Gasteiger partial charge in [0, 0.05) is 12.5 Å². The average molecular weight is 393 g/mol. The molecule has 1 aliphatic heterocycles. The molecule has 1 saturated carbocycles. The van der Waals surface area contributed by atoms with E-state index < -0.39 is 29.1 Å². The molecule has 146 valence electrons. The standard InChI is InChI=1S/C18H34F2O3Si2/c1-12(2)24(13(3)4)21-11-16-9-10-18(19,20)17(16)22-25(23-24,14(5)6)15(7)8/h12-17H,9,11H2,1-8H3. The van der Waals surface area contributed by atoms with E-state index in [1.54, 1.807) is 0 Å². The van der Waals surface area contributed by atoms with Gasteiger partial charge in [0.1, 0.15) is 6.10 Å². The summed E-state index contributed by atoms with van der Waals surface area (Å²) in [5, 5.41) is 0. The molecule has 0 aromatic rings. The van der Waals surface area contributed by atoms with Crippen LogP contribution in [0.25, 0.3) is 0 Å². The Labute approximate surface area is 154 Å². The lowest BCUT2D eigenvalue weighted by molar-refractivity contribution is -0.0932. The fraction of sp³-hybridized carbons (Fsp3) is 0.944. The highest BCUT2D eigenvalue weighted by Gasteiger charge is 2.63. The number of halogens is 2. The topological polar surface area (TPSA) is 27.7 Å². The summed E-state index contributed by atoms with van der Waals surface area (Å²) >= 11 is 0. The Hall–Kier alpha value is 0.174. The van der Waals surface area contributed by atoms with Gasteiger partial charge in [0.05, 0.1) is 6.42 Å². The van der Waals surface area contributed by atoms with E-state index in [4.69, 9.17) is 13.0 Å². The van der Waals surface area contributed by atoms with Crippen molar-refractivity contribution < 1.29 is 21.7 Å². The minimum atomic E-state index is -3.03. The van der Waals surface area contributed by atoms with Gasteiger partial charge in [-0.05, 0) is 28.6 Å². The molecule has 0 spiro atoms. The summed E-state index contributed by atoms with van der Waals surface area (Å²) in [6.45, 7) is 17.0. The summed E-state index contributed by atoms with van der Waals surface area (Å²) < 4.78 is 48.6. The van der Waals surface area contributed by atoms with Crippen molar-refractivity contribution in [1.29, 1.82) is 0 Å². The second-order valence-electron chi connectivity index (χ2n) is 8.78. The van der Waals surface area contributed by atoms with Crippen LogP contribution in [0.1, 0.15) is 61.8 Å². The molecule has 1 saturated heterocycles. The maximum Gasteiger partial charge on any atom is 0.335 e. The van der Waals surface area contributed by atoms with Crippen LogP contribution in [0.3, 0.4) is 0 Å². The van der Waals surface area contributed by atoms with E-state index in [0.29, 0.717) is 0 Å². The van der Waals surface area contributed by atoms with E-state index >= 15 is 0 Å². The summed E-state index contributed by atoms with van der Waals surface area (Å²) in [5.41, 5.74) is 0.588. The molecule has 0 aromatic carbocycles. The number of rotatable bonds is 4. The van der Waals surface area contributed by atoms with Gasteiger partial charge in [-0.2, -0.15) is 0 Å². The molecule has 0 bridgehead atoms. The van der Waals surface area contributed by atoms with Crippen LogP contribution in [-0.2, 0) is 13.0 Å². The summed E-state index contributed by atoms with van der Waals surface area (Å²) in [4.78, 5) is 0. The third-order valence-electron chi connectivity index (χ3n) is 5.76. The highest BCUT2D eigenvalue weighted by molar-refractivity contribution is 6.83. The van der Waals surface area contributed by atoms with Crippen molar-refractivity contribution in [1.82, 2.24) is 0 Å². The molecule has 2 fully saturated rings. The molecule has 0 N–H and O–H groups in total. The minimum absolute atomic E-state index is 0.0654. The van der Waals surface area contributed by atoms with Crippen molar-refractivity contribution in [3.8, 4) is 0 Å². The summed E-state index contributed by atoms with van der Waals surface area (Å²) in [7, 11) is -5.56. The molecule has 2 radical (unpaired) electrons. The zero-order valence-electron chi connectivity index (χ0n) is 16.9. The Morgan fingerprint density at radius 2 is 1.36 bits per heavy atom. The van der Waals surface area contributed by atoms with Gasteiger partial charge < -0.3 is 13.0 Å². The third kappa shape index (κ3) is 3.64. The van der Waals surface area contributed by atoms with E-state index in [2.05, 4.69) is 34.1 Å². The van der Waals surface area contributed by atoms with Crippen LogP contribution < -0.4 is 0 Å². The second-order valence-corrected chi connectivity index (χ2v) is 17.6. The lowest BCUT2D eigenvalue weighted by Crippen LogP contribution is -2.65. The van der Waals surface area contributed by atoms with Gasteiger partial charge in [0.2, 0.25) is 0 Å². The lowest BCUT2D eigenvalue weighted by Gasteiger charge is -2.51. The molecule has 1 heterocycles. The molecule has 0 aromatic heterocycles. The van der Waals surface area contributed by atoms with Gasteiger partial charge in [-0.15, -0.1) is 0 Å². The Morgan fingerprint density at radius 1 is 0.880 bits per heavy atom. The summed E-state index contributed by atoms with van der Waals surface area (Å²) in [5.74, 6) is -3.37. The van der Waals surface area contributed by atoms with Crippen LogP contribution in [-0.4, -0.2) is 35.8 Å². The van der Waals surface area contributed by atoms with E-state index in [9.17, 15) is 8.78 Å². The molecular formula is C18H34F2O3Si2. The van der Waals surface area contributed by atoms with Gasteiger partial charge >= 0.3 is 17.1 Å². The molecule has 3 nitrogen and oxygen atoms in total. The minimum Gasteiger partial charge on any atom is -0.414 e. The fourth-order valence-corrected chi connectivity index (χ4v) is 15.5. The lowest BCUT2D eigenvalue weighted by atomic mass is 10.1. The molecule has 0 amide bonds. The van der Waals surface area contributed by atoms with Crippen LogP contribution in [0.5, 0.6) is 0 Å². The highest BCUT2D eigenvalue weighted by atomic mass is 28.5. The first-order valence-electron chi connectivity index (χ1n) is 9.53. The van der Waals surface area contributed by atoms with Crippen molar-refractivity contribution >= 4 is 17.1 Å². The zero-order chi connectivity index (χ0) is 19.2. The molecule has 2 aliphatic rings. The van der Waals surface area contributed by atoms with Crippen LogP contribution in [0.4, 0.5) is 8.78 Å². The van der Waals surface area contributed by atoms with Crippen molar-refractivity contribution in [3.05, 3.63) is 6.42 Å². The van der Waals surface area contributed by atoms with Crippen molar-refractivity contribution in [2.75, 3.05) is 6.61 Å². The van der Waals surface area contributed by atoms with Crippen LogP contribution >= 0.6 is 0 Å². The van der Waals surface area contributed by atoms with Crippen LogP contribution in [0.15, 0.2) is 0 Å². The number of fused-ring (bicyclic) bond motifs is 1. The maximum absolute atomic E-state index is 14.5. The van der Waals surface area contributed by atoms with Crippen molar-refractivity contribution in [2.45, 2.75) is 96.0 Å². The summed E-state index contributed by atoms with van der Waals surface area (Å²) in [6.07, 6.45) is 1.39. The van der Waals surface area contributed by atoms with Crippen molar-refractivity contribution in [3.63, 3.8) is 0 Å². The molecule has 2 unspecified atom stereocenters. The molecule has 7 heteroatoms. The van der Waals surface area contributed by atoms with Crippen LogP contribution in [0.2, 0.25) is 22.2 Å². The number of hydrogen-bond acceptors (Lipinski definition) is 3. The molecule has 2 atom stereocenters. The SMILES string of the molecule is CC(C)[Si]1(C(C)C)OCC2C[C]C(F)(F)C2O[Si](C(C)C)(C(C)C)O1. The molecule has 1 aliphatic carbocycles. The Morgan fingerprint density at radius 3 is 1.80 bits per heavy atom. The predicted octanol–water partition coefficient (Wildman–Crippen LogP) is 5.68. The normalized spacial score (nSPS) is 31.4. The first kappa shape index (κ1) is 21.5. The Balaban J connectivity index is 2.55. The smallest absolute Gasteiger partial charge is 0.335 e. The van der Waals surface area contributed by atoms with E-state index in [1.165, 1.54) is 0 Å². The van der Waals surface area contributed by atoms with E-state index in [-0.39, 0.29) is 41.1 Å². The number of alkyl halides is 2. The Bertz CT molecular complexity index is 453. The van der Waals surface area contributed by atoms with Crippen molar-refractivity contribution in [2.24, 2.45) is 5.92 Å². The van der Waals surface area contributed by atoms with Gasteiger partial charge in [-0.1, -0.05) is 55.4 Å². The average Bonchev–Trinajstić information content (AvgIpc) is 2.71. The van der Waals surface area contributed by atoms with Gasteiger partial charge in [0.15, 0.2) is 0 Å². The van der Waals surface area contributed by atoms with Gasteiger partial charge in [0.25, 0.3) is 5.92 Å².